The van der Waals surface area contributed by atoms with Crippen molar-refractivity contribution in [3.05, 3.63) is 65.2 Å². The van der Waals surface area contributed by atoms with E-state index >= 15 is 0 Å². The minimum Gasteiger partial charge on any atom is -0.496 e. The van der Waals surface area contributed by atoms with Crippen molar-refractivity contribution >= 4 is 12.1 Å². The third kappa shape index (κ3) is 8.67. The minimum atomic E-state index is -4.55. The molecule has 0 aromatic heterocycles. The predicted octanol–water partition coefficient (Wildman–Crippen LogP) is 5.28. The van der Waals surface area contributed by atoms with Crippen molar-refractivity contribution in [3.8, 4) is 5.75 Å². The van der Waals surface area contributed by atoms with Crippen molar-refractivity contribution < 1.29 is 37.0 Å². The van der Waals surface area contributed by atoms with Crippen LogP contribution in [0.4, 0.5) is 18.0 Å². The largest absolute Gasteiger partial charge is 0.496 e. The Morgan fingerprint density at radius 1 is 1.00 bits per heavy atom. The number of amides is 1. The molecule has 0 aliphatic heterocycles. The van der Waals surface area contributed by atoms with Crippen LogP contribution in [0.25, 0.3) is 0 Å². The number of carbonyl (C=O) groups is 2. The van der Waals surface area contributed by atoms with Crippen molar-refractivity contribution in [3.63, 3.8) is 0 Å². The van der Waals surface area contributed by atoms with E-state index in [0.717, 1.165) is 18.7 Å². The summed E-state index contributed by atoms with van der Waals surface area (Å²) in [5, 5.41) is 2.50. The molecule has 0 radical (unpaired) electrons. The van der Waals surface area contributed by atoms with Gasteiger partial charge in [0.05, 0.1) is 12.7 Å². The molecule has 1 atom stereocenters. The van der Waals surface area contributed by atoms with Crippen LogP contribution in [0.3, 0.4) is 0 Å². The number of alkyl halides is 3. The van der Waals surface area contributed by atoms with E-state index in [-0.39, 0.29) is 25.2 Å². The minimum absolute atomic E-state index is 0.0142. The highest BCUT2D eigenvalue weighted by Crippen LogP contribution is 2.36. The zero-order chi connectivity index (χ0) is 24.6. The first-order valence-electron chi connectivity index (χ1n) is 10.3. The third-order valence-corrected chi connectivity index (χ3v) is 4.49. The van der Waals surface area contributed by atoms with Crippen molar-refractivity contribution in [2.45, 2.75) is 58.0 Å². The maximum atomic E-state index is 13.1. The monoisotopic (exact) mass is 467 g/mol. The van der Waals surface area contributed by atoms with Crippen molar-refractivity contribution in [1.29, 1.82) is 0 Å². The maximum Gasteiger partial charge on any atom is 0.419 e. The van der Waals surface area contributed by atoms with Gasteiger partial charge in [-0.1, -0.05) is 36.4 Å². The molecule has 1 N–H and O–H groups in total. The molecule has 2 rings (SSSR count). The van der Waals surface area contributed by atoms with Crippen LogP contribution in [0, 0.1) is 0 Å². The summed E-state index contributed by atoms with van der Waals surface area (Å²) in [7, 11) is 1.15. The lowest BCUT2D eigenvalue weighted by molar-refractivity contribution is -0.147. The molecule has 0 unspecified atom stereocenters. The van der Waals surface area contributed by atoms with Crippen LogP contribution in [0.1, 0.15) is 43.9 Å². The van der Waals surface area contributed by atoms with Gasteiger partial charge in [0.25, 0.3) is 0 Å². The summed E-state index contributed by atoms with van der Waals surface area (Å²) in [6.45, 7) is 5.07. The topological polar surface area (TPSA) is 73.9 Å². The fraction of sp³-hybridized carbons (Fsp3) is 0.417. The van der Waals surface area contributed by atoms with Crippen molar-refractivity contribution in [2.75, 3.05) is 7.11 Å². The Hall–Kier alpha value is -3.23. The smallest absolute Gasteiger partial charge is 0.419 e. The Labute approximate surface area is 191 Å². The number of ether oxygens (including phenoxy) is 3. The number of nitrogens with one attached hydrogen (secondary N) is 1. The first kappa shape index (κ1) is 26.0. The number of carbonyl (C=O) groups excluding carboxylic acids is 2. The SMILES string of the molecule is COc1cc(CC[C@H](NC(=O)OC(C)(C)C)C(=O)OCc2ccccc2)ccc1C(F)(F)F. The van der Waals surface area contributed by atoms with Crippen LogP contribution in [-0.4, -0.2) is 30.8 Å². The normalized spacial score (nSPS) is 12.6. The van der Waals surface area contributed by atoms with Gasteiger partial charge >= 0.3 is 18.2 Å². The molecule has 0 spiro atoms. The van der Waals surface area contributed by atoms with Crippen LogP contribution in [0.5, 0.6) is 5.75 Å². The van der Waals surface area contributed by atoms with E-state index in [1.807, 2.05) is 6.07 Å². The zero-order valence-corrected chi connectivity index (χ0v) is 19.0. The second-order valence-electron chi connectivity index (χ2n) is 8.36. The molecule has 0 aliphatic carbocycles. The Kier molecular flexibility index (Phi) is 8.73. The van der Waals surface area contributed by atoms with Crippen LogP contribution in [-0.2, 0) is 33.5 Å². The highest BCUT2D eigenvalue weighted by Gasteiger charge is 2.34. The molecule has 9 heteroatoms. The maximum absolute atomic E-state index is 13.1. The van der Waals surface area contributed by atoms with Gasteiger partial charge in [-0.15, -0.1) is 0 Å². The van der Waals surface area contributed by atoms with E-state index in [0.29, 0.717) is 5.56 Å². The van der Waals surface area contributed by atoms with Gasteiger partial charge in [0.2, 0.25) is 0 Å². The number of rotatable bonds is 8. The van der Waals surface area contributed by atoms with Crippen LogP contribution >= 0.6 is 0 Å². The molecule has 0 saturated carbocycles. The van der Waals surface area contributed by atoms with Gasteiger partial charge in [0.1, 0.15) is 24.0 Å². The molecule has 6 nitrogen and oxygen atoms in total. The second-order valence-corrected chi connectivity index (χ2v) is 8.36. The number of methoxy groups -OCH3 is 1. The Morgan fingerprint density at radius 2 is 1.67 bits per heavy atom. The summed E-state index contributed by atoms with van der Waals surface area (Å²) in [5.41, 5.74) is -0.385. The van der Waals surface area contributed by atoms with Crippen molar-refractivity contribution in [2.24, 2.45) is 0 Å². The molecule has 1 amide bonds. The molecular weight excluding hydrogens is 439 g/mol. The van der Waals surface area contributed by atoms with Gasteiger partial charge in [-0.2, -0.15) is 13.2 Å². The van der Waals surface area contributed by atoms with Crippen LogP contribution in [0.2, 0.25) is 0 Å². The zero-order valence-electron chi connectivity index (χ0n) is 19.0. The summed E-state index contributed by atoms with van der Waals surface area (Å²) in [6, 6.07) is 11.5. The first-order valence-corrected chi connectivity index (χ1v) is 10.3. The standard InChI is InChI=1S/C24H28F3NO5/c1-23(2,3)33-22(30)28-19(21(29)32-15-17-8-6-5-7-9-17)13-11-16-10-12-18(24(25,26)27)20(14-16)31-4/h5-10,12,14,19H,11,13,15H2,1-4H3,(H,28,30)/t19-/m0/s1. The molecular formula is C24H28F3NO5. The number of aryl methyl sites for hydroxylation is 1. The average molecular weight is 467 g/mol. The van der Waals surface area contributed by atoms with Gasteiger partial charge in [0, 0.05) is 0 Å². The molecule has 33 heavy (non-hydrogen) atoms. The highest BCUT2D eigenvalue weighted by molar-refractivity contribution is 5.81. The molecule has 2 aromatic carbocycles. The average Bonchev–Trinajstić information content (AvgIpc) is 2.73. The lowest BCUT2D eigenvalue weighted by atomic mass is 10.0. The number of halogens is 3. The van der Waals surface area contributed by atoms with Gasteiger partial charge in [-0.25, -0.2) is 9.59 Å². The number of benzene rings is 2. The molecule has 180 valence electrons. The van der Waals surface area contributed by atoms with Crippen LogP contribution < -0.4 is 10.1 Å². The molecule has 0 fully saturated rings. The molecule has 0 bridgehead atoms. The van der Waals surface area contributed by atoms with Gasteiger partial charge in [0.15, 0.2) is 0 Å². The fourth-order valence-electron chi connectivity index (χ4n) is 2.96. The van der Waals surface area contributed by atoms with Gasteiger partial charge in [-0.3, -0.25) is 0 Å². The Balaban J connectivity index is 2.12. The highest BCUT2D eigenvalue weighted by atomic mass is 19.4. The fourth-order valence-corrected chi connectivity index (χ4v) is 2.96. The number of esters is 1. The van der Waals surface area contributed by atoms with E-state index in [1.54, 1.807) is 45.0 Å². The summed E-state index contributed by atoms with van der Waals surface area (Å²) in [6.07, 6.45) is -5.07. The number of hydrogen-bond acceptors (Lipinski definition) is 5. The summed E-state index contributed by atoms with van der Waals surface area (Å²) >= 11 is 0. The predicted molar refractivity (Wildman–Crippen MR) is 116 cm³/mol. The van der Waals surface area contributed by atoms with Gasteiger partial charge < -0.3 is 19.5 Å². The summed E-state index contributed by atoms with van der Waals surface area (Å²) in [4.78, 5) is 24.9. The number of alkyl carbamates (subject to hydrolysis) is 1. The first-order chi connectivity index (χ1) is 15.4. The summed E-state index contributed by atoms with van der Waals surface area (Å²) < 4.78 is 54.7. The molecule has 0 saturated heterocycles. The lowest BCUT2D eigenvalue weighted by Crippen LogP contribution is -2.44. The lowest BCUT2D eigenvalue weighted by Gasteiger charge is -2.23. The Morgan fingerprint density at radius 3 is 2.24 bits per heavy atom. The van der Waals surface area contributed by atoms with Crippen molar-refractivity contribution in [1.82, 2.24) is 5.32 Å². The van der Waals surface area contributed by atoms with E-state index in [4.69, 9.17) is 14.2 Å². The van der Waals surface area contributed by atoms with E-state index in [2.05, 4.69) is 5.32 Å². The second kappa shape index (κ2) is 11.1. The van der Waals surface area contributed by atoms with Crippen LogP contribution in [0.15, 0.2) is 48.5 Å². The molecule has 2 aromatic rings. The number of hydrogen-bond donors (Lipinski definition) is 1. The van der Waals surface area contributed by atoms with E-state index in [1.165, 1.54) is 12.1 Å². The quantitative estimate of drug-likeness (QED) is 0.535. The molecule has 0 heterocycles. The molecule has 0 aliphatic rings. The summed E-state index contributed by atoms with van der Waals surface area (Å²) in [5.74, 6) is -0.994. The van der Waals surface area contributed by atoms with Gasteiger partial charge in [-0.05, 0) is 56.9 Å². The van der Waals surface area contributed by atoms with E-state index in [9.17, 15) is 22.8 Å². The third-order valence-electron chi connectivity index (χ3n) is 4.49. The Bertz CT molecular complexity index is 939. The van der Waals surface area contributed by atoms with E-state index < -0.39 is 35.4 Å².